The smallest absolute Gasteiger partial charge is 0.331 e. The molecule has 0 bridgehead atoms. The van der Waals surface area contributed by atoms with E-state index in [4.69, 9.17) is 14.2 Å². The standard InChI is InChI=1S/C19H22N2O5S/c1-5-21(13(2)22)19-20-15(12-27-19)11-26-18(23)9-6-14-10-16(24-3)7-8-17(14)25-4/h6-10,12H,5,11H2,1-4H3/b9-6+. The molecule has 1 heterocycles. The Kier molecular flexibility index (Phi) is 7.36. The lowest BCUT2D eigenvalue weighted by atomic mass is 10.1. The second-order valence-electron chi connectivity index (χ2n) is 5.43. The fourth-order valence-electron chi connectivity index (χ4n) is 2.30. The fourth-order valence-corrected chi connectivity index (χ4v) is 3.22. The number of aromatic nitrogens is 1. The minimum Gasteiger partial charge on any atom is -0.497 e. The molecule has 0 unspecified atom stereocenters. The van der Waals surface area contributed by atoms with E-state index in [1.807, 2.05) is 6.92 Å². The third-order valence-electron chi connectivity index (χ3n) is 3.67. The molecule has 0 saturated heterocycles. The average molecular weight is 390 g/mol. The van der Waals surface area contributed by atoms with Gasteiger partial charge in [-0.3, -0.25) is 9.69 Å². The molecule has 2 aromatic rings. The number of rotatable bonds is 8. The number of carbonyl (C=O) groups is 2. The molecule has 0 N–H and O–H groups in total. The summed E-state index contributed by atoms with van der Waals surface area (Å²) < 4.78 is 15.6. The summed E-state index contributed by atoms with van der Waals surface area (Å²) in [7, 11) is 3.12. The molecule has 0 aliphatic carbocycles. The van der Waals surface area contributed by atoms with Crippen molar-refractivity contribution in [1.82, 2.24) is 4.98 Å². The molecule has 0 aliphatic rings. The number of methoxy groups -OCH3 is 2. The summed E-state index contributed by atoms with van der Waals surface area (Å²) in [6.07, 6.45) is 2.92. The summed E-state index contributed by atoms with van der Waals surface area (Å²) >= 11 is 1.34. The highest BCUT2D eigenvalue weighted by molar-refractivity contribution is 7.14. The van der Waals surface area contributed by atoms with Gasteiger partial charge in [-0.05, 0) is 31.2 Å². The summed E-state index contributed by atoms with van der Waals surface area (Å²) in [4.78, 5) is 29.4. The van der Waals surface area contributed by atoms with Crippen LogP contribution in [0.15, 0.2) is 29.7 Å². The van der Waals surface area contributed by atoms with Crippen molar-refractivity contribution in [3.05, 3.63) is 40.9 Å². The van der Waals surface area contributed by atoms with Gasteiger partial charge in [-0.1, -0.05) is 0 Å². The van der Waals surface area contributed by atoms with Crippen LogP contribution in [0.25, 0.3) is 6.08 Å². The zero-order chi connectivity index (χ0) is 19.8. The van der Waals surface area contributed by atoms with Gasteiger partial charge in [0, 0.05) is 30.5 Å². The van der Waals surface area contributed by atoms with Crippen molar-refractivity contribution in [2.75, 3.05) is 25.7 Å². The third kappa shape index (κ3) is 5.55. The number of thiazole rings is 1. The van der Waals surface area contributed by atoms with E-state index in [-0.39, 0.29) is 12.5 Å². The number of hydrogen-bond acceptors (Lipinski definition) is 7. The van der Waals surface area contributed by atoms with Crippen molar-refractivity contribution in [2.45, 2.75) is 20.5 Å². The monoisotopic (exact) mass is 390 g/mol. The number of benzene rings is 1. The van der Waals surface area contributed by atoms with Crippen LogP contribution in [0.1, 0.15) is 25.1 Å². The van der Waals surface area contributed by atoms with Gasteiger partial charge in [-0.25, -0.2) is 9.78 Å². The average Bonchev–Trinajstić information content (AvgIpc) is 3.13. The fraction of sp³-hybridized carbons (Fsp3) is 0.316. The summed E-state index contributed by atoms with van der Waals surface area (Å²) in [5.74, 6) is 0.691. The highest BCUT2D eigenvalue weighted by Gasteiger charge is 2.14. The van der Waals surface area contributed by atoms with Gasteiger partial charge in [0.15, 0.2) is 5.13 Å². The van der Waals surface area contributed by atoms with E-state index < -0.39 is 5.97 Å². The van der Waals surface area contributed by atoms with Crippen LogP contribution in [0, 0.1) is 0 Å². The lowest BCUT2D eigenvalue weighted by Gasteiger charge is -2.14. The Bertz CT molecular complexity index is 831. The molecule has 0 fully saturated rings. The second kappa shape index (κ2) is 9.72. The van der Waals surface area contributed by atoms with Crippen molar-refractivity contribution < 1.29 is 23.8 Å². The molecule has 144 valence electrons. The Morgan fingerprint density at radius 1 is 1.26 bits per heavy atom. The molecular formula is C19H22N2O5S. The van der Waals surface area contributed by atoms with Crippen molar-refractivity contribution in [2.24, 2.45) is 0 Å². The van der Waals surface area contributed by atoms with E-state index in [0.717, 1.165) is 0 Å². The van der Waals surface area contributed by atoms with Crippen LogP contribution >= 0.6 is 11.3 Å². The van der Waals surface area contributed by atoms with Crippen LogP contribution in [0.4, 0.5) is 5.13 Å². The molecule has 0 atom stereocenters. The third-order valence-corrected chi connectivity index (χ3v) is 4.58. The SMILES string of the molecule is CCN(C(C)=O)c1nc(COC(=O)/C=C/c2cc(OC)ccc2OC)cs1. The lowest BCUT2D eigenvalue weighted by Crippen LogP contribution is -2.27. The minimum atomic E-state index is -0.506. The van der Waals surface area contributed by atoms with Gasteiger partial charge in [0.1, 0.15) is 18.1 Å². The first kappa shape index (κ1) is 20.4. The van der Waals surface area contributed by atoms with E-state index >= 15 is 0 Å². The molecular weight excluding hydrogens is 368 g/mol. The first-order valence-electron chi connectivity index (χ1n) is 8.27. The maximum Gasteiger partial charge on any atom is 0.331 e. The number of esters is 1. The van der Waals surface area contributed by atoms with Gasteiger partial charge in [-0.2, -0.15) is 0 Å². The normalized spacial score (nSPS) is 10.7. The van der Waals surface area contributed by atoms with Gasteiger partial charge in [0.2, 0.25) is 5.91 Å². The summed E-state index contributed by atoms with van der Waals surface area (Å²) in [5.41, 5.74) is 1.29. The number of amides is 1. The largest absolute Gasteiger partial charge is 0.497 e. The van der Waals surface area contributed by atoms with Gasteiger partial charge in [-0.15, -0.1) is 11.3 Å². The number of hydrogen-bond donors (Lipinski definition) is 0. The lowest BCUT2D eigenvalue weighted by molar-refractivity contribution is -0.139. The summed E-state index contributed by atoms with van der Waals surface area (Å²) in [6, 6.07) is 5.29. The molecule has 0 radical (unpaired) electrons. The highest BCUT2D eigenvalue weighted by Crippen LogP contribution is 2.25. The van der Waals surface area contributed by atoms with Crippen LogP contribution < -0.4 is 14.4 Å². The Morgan fingerprint density at radius 3 is 2.67 bits per heavy atom. The maximum absolute atomic E-state index is 12.0. The number of nitrogens with zero attached hydrogens (tertiary/aromatic N) is 2. The van der Waals surface area contributed by atoms with Crippen molar-refractivity contribution >= 4 is 34.4 Å². The maximum atomic E-state index is 12.0. The predicted molar refractivity (Wildman–Crippen MR) is 104 cm³/mol. The molecule has 0 spiro atoms. The van der Waals surface area contributed by atoms with E-state index in [0.29, 0.717) is 34.4 Å². The van der Waals surface area contributed by atoms with Crippen LogP contribution in [-0.2, 0) is 20.9 Å². The molecule has 7 nitrogen and oxygen atoms in total. The highest BCUT2D eigenvalue weighted by atomic mass is 32.1. The zero-order valence-electron chi connectivity index (χ0n) is 15.7. The van der Waals surface area contributed by atoms with E-state index in [1.54, 1.807) is 48.8 Å². The molecule has 0 aliphatic heterocycles. The molecule has 8 heteroatoms. The van der Waals surface area contributed by atoms with Gasteiger partial charge < -0.3 is 14.2 Å². The topological polar surface area (TPSA) is 78.0 Å². The minimum absolute atomic E-state index is 0.0321. The number of anilines is 1. The molecule has 2 rings (SSSR count). The van der Waals surface area contributed by atoms with Crippen LogP contribution in [0.3, 0.4) is 0 Å². The molecule has 27 heavy (non-hydrogen) atoms. The first-order valence-corrected chi connectivity index (χ1v) is 9.15. The van der Waals surface area contributed by atoms with Gasteiger partial charge in [0.25, 0.3) is 0 Å². The second-order valence-corrected chi connectivity index (χ2v) is 6.27. The van der Waals surface area contributed by atoms with E-state index in [1.165, 1.54) is 24.3 Å². The number of carbonyl (C=O) groups excluding carboxylic acids is 2. The quantitative estimate of drug-likeness (QED) is 0.508. The van der Waals surface area contributed by atoms with Crippen LogP contribution in [0.2, 0.25) is 0 Å². The predicted octanol–water partition coefficient (Wildman–Crippen LogP) is 3.29. The Balaban J connectivity index is 1.98. The van der Waals surface area contributed by atoms with Gasteiger partial charge >= 0.3 is 5.97 Å². The Hall–Kier alpha value is -2.87. The van der Waals surface area contributed by atoms with Crippen molar-refractivity contribution in [3.63, 3.8) is 0 Å². The Morgan fingerprint density at radius 2 is 2.04 bits per heavy atom. The van der Waals surface area contributed by atoms with Crippen molar-refractivity contribution in [3.8, 4) is 11.5 Å². The Labute approximate surface area is 162 Å². The van der Waals surface area contributed by atoms with Crippen LogP contribution in [-0.4, -0.2) is 37.6 Å². The summed E-state index contributed by atoms with van der Waals surface area (Å²) in [6.45, 7) is 3.93. The first-order chi connectivity index (χ1) is 13.0. The van der Waals surface area contributed by atoms with E-state index in [9.17, 15) is 9.59 Å². The van der Waals surface area contributed by atoms with Crippen molar-refractivity contribution in [1.29, 1.82) is 0 Å². The molecule has 1 aromatic carbocycles. The molecule has 0 saturated carbocycles. The summed E-state index contributed by atoms with van der Waals surface area (Å²) in [5, 5.41) is 2.36. The van der Waals surface area contributed by atoms with Crippen LogP contribution in [0.5, 0.6) is 11.5 Å². The van der Waals surface area contributed by atoms with E-state index in [2.05, 4.69) is 4.98 Å². The molecule has 1 amide bonds. The number of ether oxygens (including phenoxy) is 3. The van der Waals surface area contributed by atoms with Gasteiger partial charge in [0.05, 0.1) is 19.9 Å². The zero-order valence-corrected chi connectivity index (χ0v) is 16.5. The molecule has 1 aromatic heterocycles.